The van der Waals surface area contributed by atoms with Crippen LogP contribution < -0.4 is 25.0 Å². The highest BCUT2D eigenvalue weighted by molar-refractivity contribution is 7.80. The molecule has 0 atom stereocenters. The van der Waals surface area contributed by atoms with E-state index < -0.39 is 0 Å². The maximum atomic E-state index is 12.8. The Kier molecular flexibility index (Phi) is 8.58. The molecule has 8 nitrogen and oxygen atoms in total. The molecule has 1 heterocycles. The molecule has 0 bridgehead atoms. The molecule has 3 aromatic rings. The van der Waals surface area contributed by atoms with Crippen LogP contribution in [0.4, 0.5) is 11.4 Å². The number of hydrogen-bond donors (Lipinski definition) is 2. The van der Waals surface area contributed by atoms with Crippen LogP contribution >= 0.6 is 12.2 Å². The largest absolute Gasteiger partial charge is 0.497 e. The molecule has 1 aliphatic rings. The molecule has 9 heteroatoms. The summed E-state index contributed by atoms with van der Waals surface area (Å²) in [5.41, 5.74) is 2.99. The van der Waals surface area contributed by atoms with Crippen molar-refractivity contribution in [3.05, 3.63) is 83.9 Å². The minimum absolute atomic E-state index is 0.0302. The predicted octanol–water partition coefficient (Wildman–Crippen LogP) is 4.18. The molecule has 3 aromatic carbocycles. The van der Waals surface area contributed by atoms with Crippen molar-refractivity contribution in [3.8, 4) is 11.5 Å². The lowest BCUT2D eigenvalue weighted by Crippen LogP contribution is -2.48. The first kappa shape index (κ1) is 26.0. The van der Waals surface area contributed by atoms with Crippen LogP contribution in [0.15, 0.2) is 72.8 Å². The van der Waals surface area contributed by atoms with Crippen LogP contribution in [-0.4, -0.2) is 61.7 Å². The molecule has 0 aliphatic carbocycles. The number of methoxy groups -OCH3 is 1. The van der Waals surface area contributed by atoms with E-state index in [0.717, 1.165) is 30.2 Å². The highest BCUT2D eigenvalue weighted by atomic mass is 32.1. The van der Waals surface area contributed by atoms with Crippen LogP contribution in [0.3, 0.4) is 0 Å². The SMILES string of the molecule is CCOc1ccc(C(=O)NC(=S)Nc2ccc(N3CCN(C(=O)c4ccc(OC)cc4)CC3)cc2)cc1. The van der Waals surface area contributed by atoms with E-state index in [1.165, 1.54) is 0 Å². The van der Waals surface area contributed by atoms with Gasteiger partial charge in [-0.05, 0) is 91.9 Å². The molecular formula is C28H30N4O4S. The molecule has 0 spiro atoms. The second kappa shape index (κ2) is 12.2. The number of nitrogens with one attached hydrogen (secondary N) is 2. The average molecular weight is 519 g/mol. The first-order valence-electron chi connectivity index (χ1n) is 12.1. The molecule has 2 amide bonds. The third kappa shape index (κ3) is 6.77. The first-order valence-corrected chi connectivity index (χ1v) is 12.5. The number of hydrogen-bond acceptors (Lipinski definition) is 6. The van der Waals surface area contributed by atoms with E-state index in [2.05, 4.69) is 15.5 Å². The second-order valence-electron chi connectivity index (χ2n) is 8.42. The van der Waals surface area contributed by atoms with Crippen molar-refractivity contribution in [2.75, 3.05) is 50.1 Å². The minimum Gasteiger partial charge on any atom is -0.497 e. The van der Waals surface area contributed by atoms with Crippen LogP contribution in [0.1, 0.15) is 27.6 Å². The van der Waals surface area contributed by atoms with Crippen molar-refractivity contribution in [2.45, 2.75) is 6.92 Å². The lowest BCUT2D eigenvalue weighted by Gasteiger charge is -2.36. The third-order valence-electron chi connectivity index (χ3n) is 6.05. The highest BCUT2D eigenvalue weighted by Gasteiger charge is 2.22. The molecule has 0 unspecified atom stereocenters. The van der Waals surface area contributed by atoms with Crippen molar-refractivity contribution >= 4 is 40.5 Å². The fourth-order valence-corrected chi connectivity index (χ4v) is 4.26. The Labute approximate surface area is 222 Å². The fourth-order valence-electron chi connectivity index (χ4n) is 4.05. The van der Waals surface area contributed by atoms with Crippen molar-refractivity contribution < 1.29 is 19.1 Å². The lowest BCUT2D eigenvalue weighted by molar-refractivity contribution is 0.0746. The van der Waals surface area contributed by atoms with Gasteiger partial charge in [-0.2, -0.15) is 0 Å². The van der Waals surface area contributed by atoms with Gasteiger partial charge in [0.15, 0.2) is 5.11 Å². The van der Waals surface area contributed by atoms with Crippen molar-refractivity contribution in [3.63, 3.8) is 0 Å². The maximum Gasteiger partial charge on any atom is 0.257 e. The molecule has 1 fully saturated rings. The zero-order valence-corrected chi connectivity index (χ0v) is 21.7. The molecule has 0 aromatic heterocycles. The Bertz CT molecular complexity index is 1220. The number of nitrogens with zero attached hydrogens (tertiary/aromatic N) is 2. The summed E-state index contributed by atoms with van der Waals surface area (Å²) in [5, 5.41) is 5.96. The number of carbonyl (C=O) groups excluding carboxylic acids is 2. The third-order valence-corrected chi connectivity index (χ3v) is 6.25. The van der Waals surface area contributed by atoms with Gasteiger partial charge in [0.2, 0.25) is 0 Å². The number of ether oxygens (including phenoxy) is 2. The quantitative estimate of drug-likeness (QED) is 0.454. The summed E-state index contributed by atoms with van der Waals surface area (Å²) in [6.45, 7) is 5.25. The van der Waals surface area contributed by atoms with Crippen molar-refractivity contribution in [2.24, 2.45) is 0 Å². The molecule has 192 valence electrons. The van der Waals surface area contributed by atoms with Gasteiger partial charge in [0.1, 0.15) is 11.5 Å². The minimum atomic E-state index is -0.292. The maximum absolute atomic E-state index is 12.8. The molecule has 0 saturated carbocycles. The van der Waals surface area contributed by atoms with Gasteiger partial charge in [-0.25, -0.2) is 0 Å². The Morgan fingerprint density at radius 3 is 2.03 bits per heavy atom. The molecule has 0 radical (unpaired) electrons. The number of benzene rings is 3. The summed E-state index contributed by atoms with van der Waals surface area (Å²) < 4.78 is 10.6. The smallest absolute Gasteiger partial charge is 0.257 e. The van der Waals surface area contributed by atoms with Gasteiger partial charge in [-0.15, -0.1) is 0 Å². The average Bonchev–Trinajstić information content (AvgIpc) is 2.94. The number of anilines is 2. The second-order valence-corrected chi connectivity index (χ2v) is 8.83. The Morgan fingerprint density at radius 1 is 0.838 bits per heavy atom. The summed E-state index contributed by atoms with van der Waals surface area (Å²) in [7, 11) is 1.61. The predicted molar refractivity (Wildman–Crippen MR) is 149 cm³/mol. The van der Waals surface area contributed by atoms with Gasteiger partial charge in [0.05, 0.1) is 13.7 Å². The summed E-state index contributed by atoms with van der Waals surface area (Å²) >= 11 is 5.31. The van der Waals surface area contributed by atoms with Crippen LogP contribution in [0.2, 0.25) is 0 Å². The molecule has 2 N–H and O–H groups in total. The van der Waals surface area contributed by atoms with Crippen LogP contribution in [0, 0.1) is 0 Å². The van der Waals surface area contributed by atoms with E-state index in [1.807, 2.05) is 36.1 Å². The Balaban J connectivity index is 1.25. The van der Waals surface area contributed by atoms with Gasteiger partial charge in [0, 0.05) is 48.7 Å². The molecule has 4 rings (SSSR count). The highest BCUT2D eigenvalue weighted by Crippen LogP contribution is 2.21. The van der Waals surface area contributed by atoms with E-state index in [9.17, 15) is 9.59 Å². The molecule has 1 saturated heterocycles. The van der Waals surface area contributed by atoms with Gasteiger partial charge >= 0.3 is 0 Å². The Morgan fingerprint density at radius 2 is 1.43 bits per heavy atom. The monoisotopic (exact) mass is 518 g/mol. The van der Waals surface area contributed by atoms with E-state index in [-0.39, 0.29) is 16.9 Å². The summed E-state index contributed by atoms with van der Waals surface area (Å²) in [5.74, 6) is 1.18. The number of thiocarbonyl (C=S) groups is 1. The van der Waals surface area contributed by atoms with Gasteiger partial charge < -0.3 is 24.6 Å². The summed E-state index contributed by atoms with van der Waals surface area (Å²) in [4.78, 5) is 29.4. The first-order chi connectivity index (χ1) is 18.0. The lowest BCUT2D eigenvalue weighted by atomic mass is 10.1. The summed E-state index contributed by atoms with van der Waals surface area (Å²) in [6, 6.07) is 21.9. The molecular weight excluding hydrogens is 488 g/mol. The van der Waals surface area contributed by atoms with Crippen LogP contribution in [0.5, 0.6) is 11.5 Å². The normalized spacial score (nSPS) is 13.0. The van der Waals surface area contributed by atoms with Gasteiger partial charge in [-0.1, -0.05) is 0 Å². The fraction of sp³-hybridized carbons (Fsp3) is 0.250. The van der Waals surface area contributed by atoms with Crippen LogP contribution in [0.25, 0.3) is 0 Å². The van der Waals surface area contributed by atoms with E-state index in [1.54, 1.807) is 55.6 Å². The van der Waals surface area contributed by atoms with Gasteiger partial charge in [-0.3, -0.25) is 14.9 Å². The Hall–Kier alpha value is -4.11. The van der Waals surface area contributed by atoms with E-state index >= 15 is 0 Å². The standard InChI is InChI=1S/C28H30N4O4S/c1-3-36-25-14-4-20(5-15-25)26(33)30-28(37)29-22-8-10-23(11-9-22)31-16-18-32(19-17-31)27(34)21-6-12-24(35-2)13-7-21/h4-15H,3,16-19H2,1-2H3,(H2,29,30,33,37). The summed E-state index contributed by atoms with van der Waals surface area (Å²) in [6.07, 6.45) is 0. The number of rotatable bonds is 7. The number of carbonyl (C=O) groups is 2. The van der Waals surface area contributed by atoms with Crippen LogP contribution in [-0.2, 0) is 0 Å². The van der Waals surface area contributed by atoms with E-state index in [0.29, 0.717) is 36.6 Å². The van der Waals surface area contributed by atoms with Crippen molar-refractivity contribution in [1.29, 1.82) is 0 Å². The van der Waals surface area contributed by atoms with Gasteiger partial charge in [0.25, 0.3) is 11.8 Å². The topological polar surface area (TPSA) is 83.1 Å². The van der Waals surface area contributed by atoms with E-state index in [4.69, 9.17) is 21.7 Å². The zero-order valence-electron chi connectivity index (χ0n) is 20.9. The number of amides is 2. The number of piperazine rings is 1. The molecule has 1 aliphatic heterocycles. The molecule has 37 heavy (non-hydrogen) atoms. The zero-order chi connectivity index (χ0) is 26.2. The van der Waals surface area contributed by atoms with Crippen molar-refractivity contribution in [1.82, 2.24) is 10.2 Å².